The van der Waals surface area contributed by atoms with Gasteiger partial charge in [-0.1, -0.05) is 0 Å². The minimum atomic E-state index is -0.311. The van der Waals surface area contributed by atoms with Crippen LogP contribution in [0.25, 0.3) is 0 Å². The highest BCUT2D eigenvalue weighted by Crippen LogP contribution is 2.21. The molecule has 2 rings (SSSR count). The van der Waals surface area contributed by atoms with Gasteiger partial charge >= 0.3 is 0 Å². The van der Waals surface area contributed by atoms with Crippen molar-refractivity contribution < 1.29 is 9.90 Å². The number of piperazine rings is 1. The minimum absolute atomic E-state index is 0.00933. The van der Waals surface area contributed by atoms with E-state index >= 15 is 0 Å². The van der Waals surface area contributed by atoms with E-state index in [1.54, 1.807) is 0 Å². The molecule has 0 radical (unpaired) electrons. The molecule has 1 aliphatic heterocycles. The molecular formula is C15H26N4O2S. The van der Waals surface area contributed by atoms with Crippen molar-refractivity contribution in [2.24, 2.45) is 0 Å². The molecule has 0 unspecified atom stereocenters. The maximum Gasteiger partial charge on any atom is 0.240 e. The van der Waals surface area contributed by atoms with Crippen LogP contribution in [0.15, 0.2) is 0 Å². The molecule has 2 atom stereocenters. The van der Waals surface area contributed by atoms with Crippen molar-refractivity contribution in [3.8, 4) is 0 Å². The van der Waals surface area contributed by atoms with Crippen LogP contribution >= 0.6 is 11.3 Å². The van der Waals surface area contributed by atoms with E-state index in [-0.39, 0.29) is 12.0 Å². The molecule has 0 bridgehead atoms. The maximum atomic E-state index is 12.1. The summed E-state index contributed by atoms with van der Waals surface area (Å²) in [6, 6.07) is 0.348. The highest BCUT2D eigenvalue weighted by Gasteiger charge is 2.25. The van der Waals surface area contributed by atoms with Crippen LogP contribution in [0.2, 0.25) is 0 Å². The molecule has 22 heavy (non-hydrogen) atoms. The zero-order valence-electron chi connectivity index (χ0n) is 13.8. The molecule has 124 valence electrons. The van der Waals surface area contributed by atoms with Gasteiger partial charge in [-0.05, 0) is 27.7 Å². The maximum absolute atomic E-state index is 12.1. The first-order chi connectivity index (χ1) is 10.3. The number of aliphatic hydroxyl groups excluding tert-OH is 1. The Morgan fingerprint density at radius 2 is 2.23 bits per heavy atom. The van der Waals surface area contributed by atoms with Gasteiger partial charge in [0.2, 0.25) is 5.91 Å². The molecule has 1 aromatic rings. The third kappa shape index (κ3) is 4.74. The first-order valence-corrected chi connectivity index (χ1v) is 8.55. The second kappa shape index (κ2) is 7.50. The van der Waals surface area contributed by atoms with Crippen LogP contribution in [-0.4, -0.2) is 70.7 Å². The number of anilines is 1. The van der Waals surface area contributed by atoms with E-state index in [9.17, 15) is 9.90 Å². The Morgan fingerprint density at radius 3 is 2.77 bits per heavy atom. The van der Waals surface area contributed by atoms with Crippen LogP contribution in [0, 0.1) is 13.8 Å². The van der Waals surface area contributed by atoms with E-state index in [2.05, 4.69) is 27.0 Å². The summed E-state index contributed by atoms with van der Waals surface area (Å²) in [4.78, 5) is 22.0. The number of hydrogen-bond donors (Lipinski definition) is 2. The van der Waals surface area contributed by atoms with Crippen molar-refractivity contribution in [3.05, 3.63) is 10.6 Å². The van der Waals surface area contributed by atoms with E-state index in [4.69, 9.17) is 0 Å². The number of nitrogens with zero attached hydrogens (tertiary/aromatic N) is 3. The highest BCUT2D eigenvalue weighted by molar-refractivity contribution is 7.15. The van der Waals surface area contributed by atoms with Gasteiger partial charge in [-0.25, -0.2) is 4.98 Å². The van der Waals surface area contributed by atoms with Crippen molar-refractivity contribution in [2.45, 2.75) is 39.8 Å². The summed E-state index contributed by atoms with van der Waals surface area (Å²) in [5.74, 6) is -0.00933. The monoisotopic (exact) mass is 326 g/mol. The molecule has 0 aliphatic carbocycles. The molecule has 0 aromatic carbocycles. The minimum Gasteiger partial charge on any atom is -0.392 e. The van der Waals surface area contributed by atoms with Crippen LogP contribution < -0.4 is 5.32 Å². The molecule has 0 saturated carbocycles. The Labute approximate surface area is 136 Å². The van der Waals surface area contributed by atoms with Crippen LogP contribution in [0.1, 0.15) is 24.4 Å². The number of aliphatic hydroxyl groups is 1. The van der Waals surface area contributed by atoms with Gasteiger partial charge < -0.3 is 10.4 Å². The topological polar surface area (TPSA) is 68.7 Å². The Bertz CT molecular complexity index is 498. The summed E-state index contributed by atoms with van der Waals surface area (Å²) in [5.41, 5.74) is 0.973. The molecule has 1 amide bonds. The summed E-state index contributed by atoms with van der Waals surface area (Å²) in [7, 11) is 0. The molecular weight excluding hydrogens is 300 g/mol. The quantitative estimate of drug-likeness (QED) is 0.848. The SMILES string of the molecule is Cc1nc(NC(=O)CN2CCN(C[C@H](C)O)[C@@H](C)C2)sc1C. The average Bonchev–Trinajstić information content (AvgIpc) is 2.71. The van der Waals surface area contributed by atoms with Crippen LogP contribution in [0.4, 0.5) is 5.13 Å². The van der Waals surface area contributed by atoms with Crippen molar-refractivity contribution in [1.82, 2.24) is 14.8 Å². The standard InChI is InChI=1S/C15H26N4O2S/c1-10-7-18(5-6-19(10)8-11(2)20)9-14(21)17-15-16-12(3)13(4)22-15/h10-11,20H,5-9H2,1-4H3,(H,16,17,21)/t10-,11-/m0/s1. The van der Waals surface area contributed by atoms with Gasteiger partial charge in [0, 0.05) is 37.1 Å². The fourth-order valence-electron chi connectivity index (χ4n) is 2.71. The largest absolute Gasteiger partial charge is 0.392 e. The number of hydrogen-bond acceptors (Lipinski definition) is 6. The smallest absolute Gasteiger partial charge is 0.240 e. The number of nitrogens with one attached hydrogen (secondary N) is 1. The number of carbonyl (C=O) groups excluding carboxylic acids is 1. The number of carbonyl (C=O) groups is 1. The molecule has 0 spiro atoms. The van der Waals surface area contributed by atoms with Crippen molar-refractivity contribution in [1.29, 1.82) is 0 Å². The molecule has 6 nitrogen and oxygen atoms in total. The predicted octanol–water partition coefficient (Wildman–Crippen LogP) is 1.09. The Balaban J connectivity index is 1.80. The normalized spacial score (nSPS) is 21.8. The third-order valence-corrected chi connectivity index (χ3v) is 4.98. The lowest BCUT2D eigenvalue weighted by molar-refractivity contribution is -0.118. The van der Waals surface area contributed by atoms with Crippen LogP contribution in [0.3, 0.4) is 0 Å². The average molecular weight is 326 g/mol. The number of thiazole rings is 1. The number of aromatic nitrogens is 1. The summed E-state index contributed by atoms with van der Waals surface area (Å²) < 4.78 is 0. The van der Waals surface area contributed by atoms with Crippen molar-refractivity contribution in [3.63, 3.8) is 0 Å². The second-order valence-electron chi connectivity index (χ2n) is 6.14. The van der Waals surface area contributed by atoms with E-state index in [0.717, 1.165) is 30.2 Å². The number of rotatable bonds is 5. The van der Waals surface area contributed by atoms with Gasteiger partial charge in [0.05, 0.1) is 18.3 Å². The molecule has 7 heteroatoms. The first-order valence-electron chi connectivity index (χ1n) is 7.73. The lowest BCUT2D eigenvalue weighted by Gasteiger charge is -2.40. The van der Waals surface area contributed by atoms with Gasteiger partial charge in [0.1, 0.15) is 0 Å². The van der Waals surface area contributed by atoms with E-state index in [1.165, 1.54) is 11.3 Å². The second-order valence-corrected chi connectivity index (χ2v) is 7.34. The molecule has 1 aliphatic rings. The lowest BCUT2D eigenvalue weighted by Crippen LogP contribution is -2.54. The molecule has 1 aromatic heterocycles. The number of amides is 1. The van der Waals surface area contributed by atoms with Crippen LogP contribution in [-0.2, 0) is 4.79 Å². The Hall–Kier alpha value is -1.02. The Kier molecular flexibility index (Phi) is 5.91. The lowest BCUT2D eigenvalue weighted by atomic mass is 10.1. The fraction of sp³-hybridized carbons (Fsp3) is 0.733. The summed E-state index contributed by atoms with van der Waals surface area (Å²) in [6.45, 7) is 11.6. The summed E-state index contributed by atoms with van der Waals surface area (Å²) >= 11 is 1.51. The van der Waals surface area contributed by atoms with Gasteiger partial charge in [-0.3, -0.25) is 14.6 Å². The van der Waals surface area contributed by atoms with Crippen LogP contribution in [0.5, 0.6) is 0 Å². The molecule has 1 saturated heterocycles. The molecule has 2 heterocycles. The van der Waals surface area contributed by atoms with Crippen molar-refractivity contribution >= 4 is 22.4 Å². The predicted molar refractivity (Wildman–Crippen MR) is 89.4 cm³/mol. The van der Waals surface area contributed by atoms with E-state index in [1.807, 2.05) is 20.8 Å². The van der Waals surface area contributed by atoms with Gasteiger partial charge in [0.15, 0.2) is 5.13 Å². The van der Waals surface area contributed by atoms with Crippen molar-refractivity contribution in [2.75, 3.05) is 38.0 Å². The fourth-order valence-corrected chi connectivity index (χ4v) is 3.54. The zero-order valence-corrected chi connectivity index (χ0v) is 14.6. The number of β-amino-alcohol motifs (C(OH)–C–C–N with tert-alkyl or cyclic N) is 1. The summed E-state index contributed by atoms with van der Waals surface area (Å²) in [5, 5.41) is 13.1. The molecule has 1 fully saturated rings. The summed E-state index contributed by atoms with van der Waals surface area (Å²) in [6.07, 6.45) is -0.311. The number of aryl methyl sites for hydroxylation is 2. The van der Waals surface area contributed by atoms with Gasteiger partial charge in [0.25, 0.3) is 0 Å². The third-order valence-electron chi connectivity index (χ3n) is 3.99. The highest BCUT2D eigenvalue weighted by atomic mass is 32.1. The van der Waals surface area contributed by atoms with E-state index in [0.29, 0.717) is 24.3 Å². The van der Waals surface area contributed by atoms with Gasteiger partial charge in [-0.15, -0.1) is 11.3 Å². The Morgan fingerprint density at radius 1 is 1.50 bits per heavy atom. The zero-order chi connectivity index (χ0) is 16.3. The molecule has 2 N–H and O–H groups in total. The van der Waals surface area contributed by atoms with Gasteiger partial charge in [-0.2, -0.15) is 0 Å². The first kappa shape index (κ1) is 17.3. The van der Waals surface area contributed by atoms with E-state index < -0.39 is 0 Å².